The minimum Gasteiger partial charge on any atom is -0.466 e. The van der Waals surface area contributed by atoms with E-state index in [9.17, 15) is 14.4 Å². The second-order valence-electron chi connectivity index (χ2n) is 7.63. The Balaban J connectivity index is 3.27. The van der Waals surface area contributed by atoms with Gasteiger partial charge >= 0.3 is 12.1 Å². The Kier molecular flexibility index (Phi) is 17.7. The molecular weight excluding hydrogens is 408 g/mol. The summed E-state index contributed by atoms with van der Waals surface area (Å²) in [5.41, 5.74) is -0.496. The number of alkyl carbamates (subject to hydrolysis) is 1. The summed E-state index contributed by atoms with van der Waals surface area (Å²) in [6.07, 6.45) is 1.19. The van der Waals surface area contributed by atoms with Crippen molar-refractivity contribution in [1.29, 1.82) is 0 Å². The van der Waals surface area contributed by atoms with Crippen molar-refractivity contribution >= 4 is 18.0 Å². The number of ether oxygens (including phenoxy) is 5. The van der Waals surface area contributed by atoms with Crippen LogP contribution in [-0.2, 0) is 33.3 Å². The van der Waals surface area contributed by atoms with E-state index in [2.05, 4.69) is 10.6 Å². The SMILES string of the molecule is CCOC(=O)CCC(=O)NCCCOCCOCCOCCCNC(=O)OC(C)(C)C. The first-order chi connectivity index (χ1) is 14.7. The number of hydrogen-bond donors (Lipinski definition) is 2. The fourth-order valence-corrected chi connectivity index (χ4v) is 2.16. The van der Waals surface area contributed by atoms with Crippen molar-refractivity contribution in [3.8, 4) is 0 Å². The van der Waals surface area contributed by atoms with Crippen LogP contribution in [-0.4, -0.2) is 82.9 Å². The molecule has 10 nitrogen and oxygen atoms in total. The molecule has 0 rings (SSSR count). The van der Waals surface area contributed by atoms with Crippen LogP contribution in [0.2, 0.25) is 0 Å². The molecule has 0 aliphatic heterocycles. The zero-order valence-corrected chi connectivity index (χ0v) is 19.5. The van der Waals surface area contributed by atoms with Gasteiger partial charge in [-0.2, -0.15) is 0 Å². The lowest BCUT2D eigenvalue weighted by molar-refractivity contribution is -0.144. The Bertz CT molecular complexity index is 494. The van der Waals surface area contributed by atoms with Crippen LogP contribution in [0.1, 0.15) is 53.4 Å². The van der Waals surface area contributed by atoms with Gasteiger partial charge in [0.2, 0.25) is 5.91 Å². The summed E-state index contributed by atoms with van der Waals surface area (Å²) in [5.74, 6) is -0.529. The zero-order chi connectivity index (χ0) is 23.4. The Morgan fingerprint density at radius 1 is 0.742 bits per heavy atom. The second kappa shape index (κ2) is 18.8. The van der Waals surface area contributed by atoms with Crippen molar-refractivity contribution < 1.29 is 38.1 Å². The van der Waals surface area contributed by atoms with Gasteiger partial charge in [0.25, 0.3) is 0 Å². The number of amides is 2. The quantitative estimate of drug-likeness (QED) is 0.240. The first kappa shape index (κ1) is 29.1. The van der Waals surface area contributed by atoms with Crippen molar-refractivity contribution in [3.05, 3.63) is 0 Å². The average molecular weight is 449 g/mol. The lowest BCUT2D eigenvalue weighted by atomic mass is 10.2. The van der Waals surface area contributed by atoms with Gasteiger partial charge in [0.1, 0.15) is 5.60 Å². The van der Waals surface area contributed by atoms with Gasteiger partial charge < -0.3 is 34.3 Å². The van der Waals surface area contributed by atoms with Crippen LogP contribution in [0.5, 0.6) is 0 Å². The molecule has 0 aliphatic rings. The largest absolute Gasteiger partial charge is 0.466 e. The smallest absolute Gasteiger partial charge is 0.407 e. The summed E-state index contributed by atoms with van der Waals surface area (Å²) in [6.45, 7) is 11.4. The van der Waals surface area contributed by atoms with E-state index in [1.54, 1.807) is 6.92 Å². The highest BCUT2D eigenvalue weighted by Gasteiger charge is 2.15. The Morgan fingerprint density at radius 2 is 1.26 bits per heavy atom. The van der Waals surface area contributed by atoms with Crippen LogP contribution >= 0.6 is 0 Å². The lowest BCUT2D eigenvalue weighted by Crippen LogP contribution is -2.33. The predicted octanol–water partition coefficient (Wildman–Crippen LogP) is 1.80. The summed E-state index contributed by atoms with van der Waals surface area (Å²) in [4.78, 5) is 34.1. The molecule has 0 aromatic rings. The molecular formula is C21H40N2O8. The van der Waals surface area contributed by atoms with E-state index in [4.69, 9.17) is 23.7 Å². The molecule has 0 radical (unpaired) electrons. The first-order valence-corrected chi connectivity index (χ1v) is 10.9. The summed E-state index contributed by atoms with van der Waals surface area (Å²) < 4.78 is 26.1. The lowest BCUT2D eigenvalue weighted by Gasteiger charge is -2.19. The number of esters is 1. The molecule has 0 aromatic carbocycles. The van der Waals surface area contributed by atoms with Gasteiger partial charge in [0.15, 0.2) is 0 Å². The van der Waals surface area contributed by atoms with Crippen LogP contribution in [0.3, 0.4) is 0 Å². The van der Waals surface area contributed by atoms with E-state index in [1.807, 2.05) is 20.8 Å². The number of carbonyl (C=O) groups is 3. The average Bonchev–Trinajstić information content (AvgIpc) is 2.68. The predicted molar refractivity (Wildman–Crippen MR) is 115 cm³/mol. The standard InChI is InChI=1S/C21H40N2O8/c1-5-30-19(25)9-8-18(24)22-10-6-12-27-14-16-29-17-15-28-13-7-11-23-20(26)31-21(2,3)4/h5-17H2,1-4H3,(H,22,24)(H,23,26). The van der Waals surface area contributed by atoms with Crippen LogP contribution in [0.15, 0.2) is 0 Å². The maximum atomic E-state index is 11.5. The molecule has 2 N–H and O–H groups in total. The molecule has 10 heteroatoms. The molecule has 0 aliphatic carbocycles. The van der Waals surface area contributed by atoms with Gasteiger partial charge in [-0.25, -0.2) is 4.79 Å². The Labute approximate surface area is 185 Å². The molecule has 0 fully saturated rings. The van der Waals surface area contributed by atoms with E-state index >= 15 is 0 Å². The number of rotatable bonds is 18. The van der Waals surface area contributed by atoms with Gasteiger partial charge in [0, 0.05) is 32.7 Å². The fourth-order valence-electron chi connectivity index (χ4n) is 2.16. The normalized spacial score (nSPS) is 11.1. The highest BCUT2D eigenvalue weighted by molar-refractivity contribution is 5.81. The Morgan fingerprint density at radius 3 is 1.77 bits per heavy atom. The molecule has 2 amide bonds. The summed E-state index contributed by atoms with van der Waals surface area (Å²) in [6, 6.07) is 0. The van der Waals surface area contributed by atoms with Crippen LogP contribution < -0.4 is 10.6 Å². The summed E-state index contributed by atoms with van der Waals surface area (Å²) in [7, 11) is 0. The van der Waals surface area contributed by atoms with Crippen molar-refractivity contribution in [2.45, 2.75) is 59.0 Å². The molecule has 182 valence electrons. The molecule has 0 aromatic heterocycles. The third-order valence-corrected chi connectivity index (χ3v) is 3.53. The molecule has 0 saturated carbocycles. The van der Waals surface area contributed by atoms with E-state index < -0.39 is 11.7 Å². The molecule has 0 heterocycles. The minimum absolute atomic E-state index is 0.0974. The molecule has 0 unspecified atom stereocenters. The minimum atomic E-state index is -0.496. The number of carbonyl (C=O) groups excluding carboxylic acids is 3. The van der Waals surface area contributed by atoms with Gasteiger partial charge in [-0.15, -0.1) is 0 Å². The van der Waals surface area contributed by atoms with Gasteiger partial charge in [-0.1, -0.05) is 0 Å². The first-order valence-electron chi connectivity index (χ1n) is 10.9. The van der Waals surface area contributed by atoms with E-state index in [1.165, 1.54) is 0 Å². The third-order valence-electron chi connectivity index (χ3n) is 3.53. The zero-order valence-electron chi connectivity index (χ0n) is 19.5. The molecule has 0 saturated heterocycles. The van der Waals surface area contributed by atoms with E-state index in [0.717, 1.165) is 0 Å². The fraction of sp³-hybridized carbons (Fsp3) is 0.857. The number of nitrogens with one attached hydrogen (secondary N) is 2. The molecule has 0 spiro atoms. The van der Waals surface area contributed by atoms with Crippen LogP contribution in [0, 0.1) is 0 Å². The summed E-state index contributed by atoms with van der Waals surface area (Å²) >= 11 is 0. The van der Waals surface area contributed by atoms with Crippen molar-refractivity contribution in [3.63, 3.8) is 0 Å². The van der Waals surface area contributed by atoms with Crippen LogP contribution in [0.25, 0.3) is 0 Å². The van der Waals surface area contributed by atoms with Crippen molar-refractivity contribution in [1.82, 2.24) is 10.6 Å². The van der Waals surface area contributed by atoms with Crippen molar-refractivity contribution in [2.75, 3.05) is 59.3 Å². The maximum absolute atomic E-state index is 11.5. The van der Waals surface area contributed by atoms with Gasteiger partial charge in [0.05, 0.1) is 39.5 Å². The number of hydrogen-bond acceptors (Lipinski definition) is 8. The third kappa shape index (κ3) is 22.6. The van der Waals surface area contributed by atoms with Crippen LogP contribution in [0.4, 0.5) is 4.79 Å². The van der Waals surface area contributed by atoms with Gasteiger partial charge in [-0.05, 0) is 40.5 Å². The molecule has 31 heavy (non-hydrogen) atoms. The topological polar surface area (TPSA) is 121 Å². The molecule has 0 atom stereocenters. The molecule has 0 bridgehead atoms. The van der Waals surface area contributed by atoms with Gasteiger partial charge in [-0.3, -0.25) is 9.59 Å². The van der Waals surface area contributed by atoms with Crippen molar-refractivity contribution in [2.24, 2.45) is 0 Å². The Hall–Kier alpha value is -1.91. The maximum Gasteiger partial charge on any atom is 0.407 e. The second-order valence-corrected chi connectivity index (χ2v) is 7.63. The highest BCUT2D eigenvalue weighted by Crippen LogP contribution is 2.06. The van der Waals surface area contributed by atoms with E-state index in [0.29, 0.717) is 72.2 Å². The monoisotopic (exact) mass is 448 g/mol. The van der Waals surface area contributed by atoms with E-state index in [-0.39, 0.29) is 24.7 Å². The highest BCUT2D eigenvalue weighted by atomic mass is 16.6. The summed E-state index contributed by atoms with van der Waals surface area (Å²) in [5, 5.41) is 5.40.